The molecule has 4 heteroatoms. The number of rotatable bonds is 3. The Morgan fingerprint density at radius 2 is 2.44 bits per heavy atom. The van der Waals surface area contributed by atoms with Crippen molar-refractivity contribution in [1.82, 2.24) is 15.3 Å². The number of imidazole rings is 1. The normalized spacial score (nSPS) is 20.4. The van der Waals surface area contributed by atoms with Gasteiger partial charge in [-0.25, -0.2) is 4.98 Å². The minimum atomic E-state index is 0.495. The molecule has 84 valence electrons. The summed E-state index contributed by atoms with van der Waals surface area (Å²) in [5.41, 5.74) is 1.94. The Balaban J connectivity index is 1.75. The fourth-order valence-electron chi connectivity index (χ4n) is 2.14. The Kier molecular flexibility index (Phi) is 2.50. The number of para-hydroxylation sites is 1. The average molecular weight is 217 g/mol. The highest BCUT2D eigenvalue weighted by Gasteiger charge is 2.15. The summed E-state index contributed by atoms with van der Waals surface area (Å²) in [6, 6.07) is 6.45. The molecule has 4 nitrogen and oxygen atoms in total. The standard InChI is InChI=1S/C12H15N3O/c1-4-10-12(15-8-14-10)11(5-1)16-7-9-3-2-6-13-9/h1,4-5,8-9,13H,2-3,6-7H2,(H,14,15). The van der Waals surface area contributed by atoms with Gasteiger partial charge in [0.15, 0.2) is 0 Å². The van der Waals surface area contributed by atoms with Gasteiger partial charge in [0, 0.05) is 6.04 Å². The Hall–Kier alpha value is -1.55. The van der Waals surface area contributed by atoms with Crippen molar-refractivity contribution in [2.75, 3.05) is 13.2 Å². The molecule has 0 aliphatic carbocycles. The smallest absolute Gasteiger partial charge is 0.147 e. The number of aromatic amines is 1. The van der Waals surface area contributed by atoms with E-state index in [-0.39, 0.29) is 0 Å². The van der Waals surface area contributed by atoms with Gasteiger partial charge in [-0.1, -0.05) is 6.07 Å². The first kappa shape index (κ1) is 9.66. The summed E-state index contributed by atoms with van der Waals surface area (Å²) in [4.78, 5) is 7.34. The maximum Gasteiger partial charge on any atom is 0.147 e. The van der Waals surface area contributed by atoms with Crippen LogP contribution in [0.15, 0.2) is 24.5 Å². The van der Waals surface area contributed by atoms with E-state index in [0.717, 1.165) is 29.9 Å². The molecule has 0 radical (unpaired) electrons. The Morgan fingerprint density at radius 1 is 1.44 bits per heavy atom. The summed E-state index contributed by atoms with van der Waals surface area (Å²) in [6.45, 7) is 1.84. The number of aromatic nitrogens is 2. The number of H-pyrrole nitrogens is 1. The summed E-state index contributed by atoms with van der Waals surface area (Å²) in [5.74, 6) is 0.868. The molecule has 0 saturated carbocycles. The first-order valence-corrected chi connectivity index (χ1v) is 5.72. The summed E-state index contributed by atoms with van der Waals surface area (Å²) >= 11 is 0. The van der Waals surface area contributed by atoms with E-state index in [1.165, 1.54) is 12.8 Å². The van der Waals surface area contributed by atoms with E-state index in [0.29, 0.717) is 6.04 Å². The number of benzene rings is 1. The van der Waals surface area contributed by atoms with Crippen LogP contribution in [0.3, 0.4) is 0 Å². The van der Waals surface area contributed by atoms with Gasteiger partial charge in [0.05, 0.1) is 11.8 Å². The van der Waals surface area contributed by atoms with Gasteiger partial charge in [0.2, 0.25) is 0 Å². The molecule has 16 heavy (non-hydrogen) atoms. The van der Waals surface area contributed by atoms with Crippen LogP contribution in [0.25, 0.3) is 11.0 Å². The lowest BCUT2D eigenvalue weighted by Crippen LogP contribution is -2.28. The van der Waals surface area contributed by atoms with Gasteiger partial charge in [-0.2, -0.15) is 0 Å². The fraction of sp³-hybridized carbons (Fsp3) is 0.417. The summed E-state index contributed by atoms with van der Waals surface area (Å²) in [7, 11) is 0. The Bertz CT molecular complexity index is 474. The number of fused-ring (bicyclic) bond motifs is 1. The first-order chi connectivity index (χ1) is 7.93. The van der Waals surface area contributed by atoms with Gasteiger partial charge in [-0.3, -0.25) is 0 Å². The van der Waals surface area contributed by atoms with Crippen LogP contribution in [-0.4, -0.2) is 29.2 Å². The van der Waals surface area contributed by atoms with Crippen LogP contribution in [-0.2, 0) is 0 Å². The summed E-state index contributed by atoms with van der Waals surface area (Å²) in [5, 5.41) is 3.42. The molecule has 0 bridgehead atoms. The second-order valence-electron chi connectivity index (χ2n) is 4.16. The van der Waals surface area contributed by atoms with Crippen molar-refractivity contribution in [2.24, 2.45) is 0 Å². The maximum atomic E-state index is 5.82. The molecule has 1 aromatic heterocycles. The molecule has 1 unspecified atom stereocenters. The van der Waals surface area contributed by atoms with Gasteiger partial charge < -0.3 is 15.0 Å². The lowest BCUT2D eigenvalue weighted by atomic mass is 10.2. The highest BCUT2D eigenvalue weighted by molar-refractivity contribution is 5.80. The van der Waals surface area contributed by atoms with Crippen LogP contribution in [0.1, 0.15) is 12.8 Å². The average Bonchev–Trinajstić information content (AvgIpc) is 2.97. The molecule has 2 heterocycles. The lowest BCUT2D eigenvalue weighted by molar-refractivity contribution is 0.280. The lowest BCUT2D eigenvalue weighted by Gasteiger charge is -2.12. The molecular weight excluding hydrogens is 202 g/mol. The molecule has 3 rings (SSSR count). The maximum absolute atomic E-state index is 5.82. The summed E-state index contributed by atoms with van der Waals surface area (Å²) < 4.78 is 5.82. The monoisotopic (exact) mass is 217 g/mol. The Morgan fingerprint density at radius 3 is 3.31 bits per heavy atom. The van der Waals surface area contributed by atoms with Gasteiger partial charge in [-0.05, 0) is 31.5 Å². The highest BCUT2D eigenvalue weighted by Crippen LogP contribution is 2.22. The molecule has 2 N–H and O–H groups in total. The molecule has 1 fully saturated rings. The van der Waals surface area contributed by atoms with E-state index in [1.54, 1.807) is 6.33 Å². The number of ether oxygens (including phenoxy) is 1. The molecule has 1 atom stereocenters. The van der Waals surface area contributed by atoms with Crippen molar-refractivity contribution in [3.8, 4) is 5.75 Å². The quantitative estimate of drug-likeness (QED) is 0.822. The minimum Gasteiger partial charge on any atom is -0.490 e. The van der Waals surface area contributed by atoms with Crippen LogP contribution < -0.4 is 10.1 Å². The van der Waals surface area contributed by atoms with Crippen molar-refractivity contribution >= 4 is 11.0 Å². The van der Waals surface area contributed by atoms with Gasteiger partial charge >= 0.3 is 0 Å². The largest absolute Gasteiger partial charge is 0.490 e. The van der Waals surface area contributed by atoms with Crippen molar-refractivity contribution in [1.29, 1.82) is 0 Å². The number of hydrogen-bond acceptors (Lipinski definition) is 3. The second-order valence-corrected chi connectivity index (χ2v) is 4.16. The zero-order chi connectivity index (χ0) is 10.8. The molecule has 1 aliphatic heterocycles. The fourth-order valence-corrected chi connectivity index (χ4v) is 2.14. The molecule has 0 spiro atoms. The number of nitrogens with zero attached hydrogens (tertiary/aromatic N) is 1. The third kappa shape index (κ3) is 1.76. The van der Waals surface area contributed by atoms with Crippen LogP contribution in [0, 0.1) is 0 Å². The van der Waals surface area contributed by atoms with Crippen molar-refractivity contribution in [3.05, 3.63) is 24.5 Å². The van der Waals surface area contributed by atoms with E-state index in [2.05, 4.69) is 15.3 Å². The minimum absolute atomic E-state index is 0.495. The van der Waals surface area contributed by atoms with Crippen molar-refractivity contribution < 1.29 is 4.74 Å². The third-order valence-electron chi connectivity index (χ3n) is 3.02. The van der Waals surface area contributed by atoms with E-state index in [4.69, 9.17) is 4.74 Å². The van der Waals surface area contributed by atoms with Crippen LogP contribution >= 0.6 is 0 Å². The van der Waals surface area contributed by atoms with Gasteiger partial charge in [0.1, 0.15) is 17.9 Å². The topological polar surface area (TPSA) is 49.9 Å². The van der Waals surface area contributed by atoms with Crippen LogP contribution in [0.5, 0.6) is 5.75 Å². The van der Waals surface area contributed by atoms with Gasteiger partial charge in [0.25, 0.3) is 0 Å². The molecule has 2 aromatic rings. The van der Waals surface area contributed by atoms with Gasteiger partial charge in [-0.15, -0.1) is 0 Å². The van der Waals surface area contributed by atoms with E-state index in [9.17, 15) is 0 Å². The first-order valence-electron chi connectivity index (χ1n) is 5.72. The molecule has 1 saturated heterocycles. The van der Waals surface area contributed by atoms with Crippen LogP contribution in [0.4, 0.5) is 0 Å². The van der Waals surface area contributed by atoms with E-state index >= 15 is 0 Å². The molecule has 0 amide bonds. The SMILES string of the molecule is c1cc(OCC2CCCN2)c2nc[nH]c2c1. The predicted octanol–water partition coefficient (Wildman–Crippen LogP) is 1.69. The number of hydrogen-bond donors (Lipinski definition) is 2. The van der Waals surface area contributed by atoms with Crippen molar-refractivity contribution in [3.63, 3.8) is 0 Å². The van der Waals surface area contributed by atoms with E-state index in [1.807, 2.05) is 18.2 Å². The third-order valence-corrected chi connectivity index (χ3v) is 3.02. The highest BCUT2D eigenvalue weighted by atomic mass is 16.5. The molecule has 1 aromatic carbocycles. The number of nitrogens with one attached hydrogen (secondary N) is 2. The zero-order valence-electron chi connectivity index (χ0n) is 9.07. The molecular formula is C12H15N3O. The van der Waals surface area contributed by atoms with Crippen molar-refractivity contribution in [2.45, 2.75) is 18.9 Å². The molecule has 1 aliphatic rings. The second kappa shape index (κ2) is 4.14. The Labute approximate surface area is 94.0 Å². The zero-order valence-corrected chi connectivity index (χ0v) is 9.07. The van der Waals surface area contributed by atoms with Crippen LogP contribution in [0.2, 0.25) is 0 Å². The van der Waals surface area contributed by atoms with E-state index < -0.39 is 0 Å². The predicted molar refractivity (Wildman–Crippen MR) is 62.6 cm³/mol. The summed E-state index contributed by atoms with van der Waals surface area (Å²) in [6.07, 6.45) is 4.16.